The van der Waals surface area contributed by atoms with Crippen molar-refractivity contribution in [3.63, 3.8) is 0 Å². The summed E-state index contributed by atoms with van der Waals surface area (Å²) < 4.78 is 38.5. The molecule has 3 aromatic carbocycles. The van der Waals surface area contributed by atoms with Crippen LogP contribution in [-0.4, -0.2) is 50.9 Å². The zero-order chi connectivity index (χ0) is 28.7. The summed E-state index contributed by atoms with van der Waals surface area (Å²) >= 11 is 5.16. The van der Waals surface area contributed by atoms with E-state index in [-0.39, 0.29) is 15.9 Å². The summed E-state index contributed by atoms with van der Waals surface area (Å²) in [6.45, 7) is 2.59. The van der Waals surface area contributed by atoms with Crippen LogP contribution < -0.4 is 19.5 Å². The van der Waals surface area contributed by atoms with Crippen LogP contribution in [-0.2, 0) is 27.8 Å². The zero-order valence-corrected chi connectivity index (χ0v) is 24.0. The highest BCUT2D eigenvalue weighted by Crippen LogP contribution is 2.29. The topological polar surface area (TPSA) is 109 Å². The Bertz CT molecular complexity index is 1550. The maximum absolute atomic E-state index is 13.0. The minimum atomic E-state index is -3.84. The van der Waals surface area contributed by atoms with Crippen molar-refractivity contribution in [2.75, 3.05) is 20.8 Å². The van der Waals surface area contributed by atoms with E-state index in [4.69, 9.17) is 21.7 Å². The Hall–Kier alpha value is -4.22. The van der Waals surface area contributed by atoms with Crippen molar-refractivity contribution in [3.05, 3.63) is 95.2 Å². The smallest absolute Gasteiger partial charge is 0.277 e. The number of amidine groups is 1. The predicted octanol–water partition coefficient (Wildman–Crippen LogP) is 3.90. The van der Waals surface area contributed by atoms with Crippen molar-refractivity contribution >= 4 is 45.2 Å². The fourth-order valence-corrected chi connectivity index (χ4v) is 5.43. The lowest BCUT2D eigenvalue weighted by atomic mass is 10.1. The quantitative estimate of drug-likeness (QED) is 0.277. The molecule has 9 nitrogen and oxygen atoms in total. The maximum atomic E-state index is 13.0. The van der Waals surface area contributed by atoms with Crippen LogP contribution in [0.25, 0.3) is 6.08 Å². The largest absolute Gasteiger partial charge is 0.493 e. The lowest BCUT2D eigenvalue weighted by molar-refractivity contribution is -0.122. The second kappa shape index (κ2) is 12.8. The normalized spacial score (nSPS) is 14.2. The van der Waals surface area contributed by atoms with Crippen molar-refractivity contribution < 1.29 is 22.7 Å². The average Bonchev–Trinajstić information content (AvgIpc) is 3.22. The molecule has 0 radical (unpaired) electrons. The van der Waals surface area contributed by atoms with E-state index < -0.39 is 10.0 Å². The molecule has 11 heteroatoms. The van der Waals surface area contributed by atoms with Crippen molar-refractivity contribution in [1.82, 2.24) is 14.9 Å². The number of rotatable bonds is 10. The van der Waals surface area contributed by atoms with E-state index in [2.05, 4.69) is 15.0 Å². The van der Waals surface area contributed by atoms with Crippen LogP contribution in [0.1, 0.15) is 23.6 Å². The molecule has 1 heterocycles. The summed E-state index contributed by atoms with van der Waals surface area (Å²) in [4.78, 5) is 19.2. The Balaban J connectivity index is 1.34. The monoisotopic (exact) mass is 578 g/mol. The maximum Gasteiger partial charge on any atom is 0.277 e. The minimum absolute atomic E-state index is 0.0205. The molecule has 0 unspecified atom stereocenters. The summed E-state index contributed by atoms with van der Waals surface area (Å²) in [7, 11) is -0.722. The van der Waals surface area contributed by atoms with Crippen molar-refractivity contribution in [1.29, 1.82) is 0 Å². The number of ether oxygens (including phenoxy) is 2. The molecule has 0 spiro atoms. The van der Waals surface area contributed by atoms with Gasteiger partial charge in [-0.3, -0.25) is 14.4 Å². The van der Waals surface area contributed by atoms with Crippen molar-refractivity contribution in [2.24, 2.45) is 4.99 Å². The summed E-state index contributed by atoms with van der Waals surface area (Å²) in [5.41, 5.74) is 2.95. The van der Waals surface area contributed by atoms with Crippen LogP contribution in [0.3, 0.4) is 0 Å². The Morgan fingerprint density at radius 3 is 2.35 bits per heavy atom. The number of hydrogen-bond donors (Lipinski definition) is 2. The lowest BCUT2D eigenvalue weighted by Crippen LogP contribution is -2.38. The molecule has 3 aromatic rings. The molecule has 0 saturated carbocycles. The van der Waals surface area contributed by atoms with Gasteiger partial charge in [0, 0.05) is 13.1 Å². The molecule has 0 aromatic heterocycles. The number of hydrogen-bond acceptors (Lipinski definition) is 7. The number of carbonyl (C=O) groups is 1. The second-order valence-corrected chi connectivity index (χ2v) is 11.0. The molecule has 1 aliphatic heterocycles. The number of nitrogens with zero attached hydrogens (tertiary/aromatic N) is 2. The third-order valence-electron chi connectivity index (χ3n) is 6.23. The fraction of sp³-hybridized carbons (Fsp3) is 0.207. The second-order valence-electron chi connectivity index (χ2n) is 8.93. The van der Waals surface area contributed by atoms with E-state index >= 15 is 0 Å². The molecule has 40 heavy (non-hydrogen) atoms. The van der Waals surface area contributed by atoms with Crippen LogP contribution in [0.5, 0.6) is 11.5 Å². The molecule has 0 fully saturated rings. The first-order valence-corrected chi connectivity index (χ1v) is 14.3. The Morgan fingerprint density at radius 1 is 0.975 bits per heavy atom. The van der Waals surface area contributed by atoms with E-state index in [9.17, 15) is 13.2 Å². The van der Waals surface area contributed by atoms with Crippen molar-refractivity contribution in [3.8, 4) is 11.5 Å². The van der Waals surface area contributed by atoms with E-state index in [1.54, 1.807) is 56.4 Å². The van der Waals surface area contributed by atoms with E-state index in [0.29, 0.717) is 42.5 Å². The Morgan fingerprint density at radius 2 is 1.68 bits per heavy atom. The van der Waals surface area contributed by atoms with Gasteiger partial charge >= 0.3 is 0 Å². The third kappa shape index (κ3) is 7.04. The van der Waals surface area contributed by atoms with Gasteiger partial charge in [-0.25, -0.2) is 13.4 Å². The summed E-state index contributed by atoms with van der Waals surface area (Å²) in [6.07, 6.45) is 2.23. The van der Waals surface area contributed by atoms with Gasteiger partial charge in [0.25, 0.3) is 15.9 Å². The average molecular weight is 579 g/mol. The van der Waals surface area contributed by atoms with E-state index in [1.165, 1.54) is 12.1 Å². The Kier molecular flexibility index (Phi) is 9.18. The first kappa shape index (κ1) is 28.8. The van der Waals surface area contributed by atoms with Gasteiger partial charge in [0.05, 0.1) is 19.1 Å². The number of sulfonamides is 1. The summed E-state index contributed by atoms with van der Waals surface area (Å²) in [5.74, 6) is 1.55. The minimum Gasteiger partial charge on any atom is -0.493 e. The van der Waals surface area contributed by atoms with Crippen LogP contribution >= 0.6 is 12.2 Å². The molecule has 4 rings (SSSR count). The summed E-state index contributed by atoms with van der Waals surface area (Å²) in [6, 6.07) is 21.4. The highest BCUT2D eigenvalue weighted by Gasteiger charge is 2.27. The number of methoxy groups -OCH3 is 2. The SMILES string of the molecule is COc1ccc(/C=C2\N=C(C)N(CCc3ccc(S(=O)(=O)NC(=S)NCc4ccccc4)cc3)C2=O)cc1OC. The molecule has 0 bridgehead atoms. The van der Waals surface area contributed by atoms with Gasteiger partial charge < -0.3 is 14.8 Å². The van der Waals surface area contributed by atoms with Crippen molar-refractivity contribution in [2.45, 2.75) is 24.8 Å². The van der Waals surface area contributed by atoms with Crippen LogP contribution in [0.2, 0.25) is 0 Å². The standard InChI is InChI=1S/C29H30N4O5S2/c1-20-31-25(17-23-11-14-26(37-2)27(18-23)38-3)28(34)33(20)16-15-21-9-12-24(13-10-21)40(35,36)32-29(39)30-19-22-7-5-4-6-8-22/h4-14,17-18H,15-16,19H2,1-3H3,(H2,30,32,39)/b25-17-. The number of nitrogens with one attached hydrogen (secondary N) is 2. The number of thiocarbonyl (C=S) groups is 1. The van der Waals surface area contributed by atoms with Crippen LogP contribution in [0.4, 0.5) is 0 Å². The van der Waals surface area contributed by atoms with Gasteiger partial charge in [-0.15, -0.1) is 0 Å². The third-order valence-corrected chi connectivity index (χ3v) is 7.97. The molecule has 2 N–H and O–H groups in total. The molecule has 1 aliphatic rings. The lowest BCUT2D eigenvalue weighted by Gasteiger charge is -2.16. The Labute approximate surface area is 239 Å². The van der Waals surface area contributed by atoms with Crippen LogP contribution in [0.15, 0.2) is 88.4 Å². The van der Waals surface area contributed by atoms with Gasteiger partial charge in [0.15, 0.2) is 16.6 Å². The number of carbonyl (C=O) groups excluding carboxylic acids is 1. The highest BCUT2D eigenvalue weighted by atomic mass is 32.2. The molecule has 1 amide bonds. The fourth-order valence-electron chi connectivity index (χ4n) is 4.10. The highest BCUT2D eigenvalue weighted by molar-refractivity contribution is 7.91. The first-order valence-electron chi connectivity index (χ1n) is 12.4. The number of benzene rings is 3. The van der Waals surface area contributed by atoms with Gasteiger partial charge in [-0.1, -0.05) is 48.5 Å². The molecule has 208 valence electrons. The van der Waals surface area contributed by atoms with Gasteiger partial charge in [0.2, 0.25) is 0 Å². The van der Waals surface area contributed by atoms with Crippen LogP contribution in [0, 0.1) is 0 Å². The zero-order valence-electron chi connectivity index (χ0n) is 22.4. The van der Waals surface area contributed by atoms with E-state index in [0.717, 1.165) is 16.7 Å². The summed E-state index contributed by atoms with van der Waals surface area (Å²) in [5, 5.41) is 2.92. The number of aliphatic imine (C=N–C) groups is 1. The van der Waals surface area contributed by atoms with E-state index in [1.807, 2.05) is 36.4 Å². The van der Waals surface area contributed by atoms with Gasteiger partial charge in [-0.2, -0.15) is 0 Å². The molecular formula is C29H30N4O5S2. The molecule has 0 atom stereocenters. The first-order chi connectivity index (χ1) is 19.2. The van der Waals surface area contributed by atoms with Gasteiger partial charge in [0.1, 0.15) is 11.5 Å². The predicted molar refractivity (Wildman–Crippen MR) is 159 cm³/mol. The number of amides is 1. The molecule has 0 aliphatic carbocycles. The molecule has 0 saturated heterocycles. The molecular weight excluding hydrogens is 548 g/mol. The van der Waals surface area contributed by atoms with Gasteiger partial charge in [-0.05, 0) is 72.6 Å².